The number of para-hydroxylation sites is 1. The van der Waals surface area contributed by atoms with Crippen LogP contribution in [0.1, 0.15) is 38.1 Å². The predicted molar refractivity (Wildman–Crippen MR) is 161 cm³/mol. The number of fused-ring (bicyclic) bond motifs is 7. The quantitative estimate of drug-likeness (QED) is 0.107. The first-order valence-electron chi connectivity index (χ1n) is 13.6. The Balaban J connectivity index is 0.000000426. The summed E-state index contributed by atoms with van der Waals surface area (Å²) < 4.78 is 71.2. The number of imidazole rings is 1. The number of nitrogens with one attached hydrogen (secondary N) is 1. The highest BCUT2D eigenvalue weighted by Crippen LogP contribution is 2.43. The number of carbonyl (C=O) groups excluding carboxylic acids is 1. The van der Waals surface area contributed by atoms with E-state index < -0.39 is 15.6 Å². The highest BCUT2D eigenvalue weighted by atomic mass is 32.2. The summed E-state index contributed by atoms with van der Waals surface area (Å²) in [6.45, 7) is 9.46. The van der Waals surface area contributed by atoms with Gasteiger partial charge >= 0.3 is 16.4 Å². The minimum atomic E-state index is -6.09. The molecule has 1 atom stereocenters. The van der Waals surface area contributed by atoms with Gasteiger partial charge in [0, 0.05) is 22.0 Å². The fourth-order valence-corrected chi connectivity index (χ4v) is 6.67. The molecule has 14 heteroatoms. The molecule has 9 nitrogen and oxygen atoms in total. The zero-order valence-corrected chi connectivity index (χ0v) is 26.2. The Morgan fingerprint density at radius 1 is 1.11 bits per heavy atom. The molecular formula is C30H31F3N4O5S2. The normalized spacial score (nSPS) is 15.0. The van der Waals surface area contributed by atoms with Gasteiger partial charge in [-0.3, -0.25) is 4.79 Å². The number of hydrogen-bond donors (Lipinski definition) is 1. The van der Waals surface area contributed by atoms with Crippen LogP contribution in [0.5, 0.6) is 0 Å². The summed E-state index contributed by atoms with van der Waals surface area (Å²) in [6.07, 6.45) is 0.312. The number of ether oxygens (including phenoxy) is 1. The third-order valence-corrected chi connectivity index (χ3v) is 8.78. The van der Waals surface area contributed by atoms with Crippen LogP contribution in [0.25, 0.3) is 38.5 Å². The van der Waals surface area contributed by atoms with Gasteiger partial charge in [0.15, 0.2) is 15.8 Å². The number of rotatable bonds is 4. The number of alkyl halides is 3. The Morgan fingerprint density at radius 3 is 2.32 bits per heavy atom. The van der Waals surface area contributed by atoms with Crippen molar-refractivity contribution in [2.75, 3.05) is 12.4 Å². The fraction of sp³-hybridized carbons (Fsp3) is 0.333. The van der Waals surface area contributed by atoms with Crippen molar-refractivity contribution in [3.63, 3.8) is 0 Å². The third-order valence-electron chi connectivity index (χ3n) is 7.15. The van der Waals surface area contributed by atoms with Gasteiger partial charge < -0.3 is 19.2 Å². The number of hydrogen-bond acceptors (Lipinski definition) is 7. The second kappa shape index (κ2) is 11.2. The van der Waals surface area contributed by atoms with Crippen molar-refractivity contribution in [1.82, 2.24) is 8.97 Å². The minimum absolute atomic E-state index is 0.0667. The molecule has 1 N–H and O–H groups in total. The van der Waals surface area contributed by atoms with Crippen LogP contribution in [0, 0.1) is 6.92 Å². The summed E-state index contributed by atoms with van der Waals surface area (Å²) in [5.74, 6) is 0.860. The number of carbonyl (C=O) groups is 1. The first-order valence-corrected chi connectivity index (χ1v) is 15.8. The largest absolute Gasteiger partial charge is 0.741 e. The summed E-state index contributed by atoms with van der Waals surface area (Å²) in [7, 11) is -4.62. The standard InChI is InChI=1S/C29H31N4O2S.CHF3O3S/c1-18-25(19-11-7-6-8-12-19)33-27(30-29(2,3)4)26-23-15-20-13-9-10-14-22(20)31(23)17-21(16-24(34)35-5)32(26)28(33)36-18;2-1(3,4)8(5,6)7/h6-15,21,30H,16-17H2,1-5H3;(H,5,6,7)/q+1;/p-1. The van der Waals surface area contributed by atoms with Crippen LogP contribution in [0.15, 0.2) is 60.7 Å². The average Bonchev–Trinajstić information content (AvgIpc) is 3.56. The second-order valence-electron chi connectivity index (χ2n) is 11.5. The van der Waals surface area contributed by atoms with Gasteiger partial charge in [0.05, 0.1) is 30.6 Å². The Labute approximate surface area is 256 Å². The number of benzene rings is 2. The second-order valence-corrected chi connectivity index (χ2v) is 14.0. The molecule has 1 unspecified atom stereocenters. The molecule has 234 valence electrons. The molecule has 3 aromatic heterocycles. The lowest BCUT2D eigenvalue weighted by Crippen LogP contribution is -2.47. The molecule has 5 aromatic rings. The number of anilines is 1. The Morgan fingerprint density at radius 2 is 1.73 bits per heavy atom. The third kappa shape index (κ3) is 5.81. The van der Waals surface area contributed by atoms with E-state index in [4.69, 9.17) is 17.7 Å². The molecule has 6 rings (SSSR count). The molecular weight excluding hydrogens is 617 g/mol. The highest BCUT2D eigenvalue weighted by molar-refractivity contribution is 7.86. The van der Waals surface area contributed by atoms with Crippen molar-refractivity contribution in [2.45, 2.75) is 57.7 Å². The molecule has 4 heterocycles. The molecule has 44 heavy (non-hydrogen) atoms. The van der Waals surface area contributed by atoms with Crippen LogP contribution in [-0.4, -0.2) is 46.1 Å². The molecule has 1 aliphatic rings. The van der Waals surface area contributed by atoms with Gasteiger partial charge in [-0.05, 0) is 39.8 Å². The molecule has 0 saturated heterocycles. The summed E-state index contributed by atoms with van der Waals surface area (Å²) in [6, 6.07) is 21.3. The van der Waals surface area contributed by atoms with Gasteiger partial charge in [-0.15, -0.1) is 0 Å². The van der Waals surface area contributed by atoms with Gasteiger partial charge in [0.1, 0.15) is 6.04 Å². The Hall–Kier alpha value is -3.88. The zero-order valence-electron chi connectivity index (χ0n) is 24.6. The van der Waals surface area contributed by atoms with Gasteiger partial charge in [0.2, 0.25) is 5.69 Å². The number of thiazole rings is 1. The van der Waals surface area contributed by atoms with Crippen LogP contribution in [0.4, 0.5) is 19.0 Å². The van der Waals surface area contributed by atoms with Gasteiger partial charge in [0.25, 0.3) is 5.82 Å². The van der Waals surface area contributed by atoms with Crippen LogP contribution >= 0.6 is 11.3 Å². The summed E-state index contributed by atoms with van der Waals surface area (Å²) in [5.41, 5.74) is 0.0107. The fourth-order valence-electron chi connectivity index (χ4n) is 5.47. The Kier molecular flexibility index (Phi) is 8.06. The molecule has 1 aliphatic heterocycles. The molecule has 0 fully saturated rings. The minimum Gasteiger partial charge on any atom is -0.741 e. The SMILES string of the molecule is COC(=O)CC1Cn2c(cc3ccccc32)-c2c(NC(C)(C)C)n3c(-c4ccccc4)c(C)sc3[n+]21.O=S(=O)([O-])C(F)(F)F. The molecule has 0 radical (unpaired) electrons. The molecule has 0 saturated carbocycles. The number of aryl methyl sites for hydroxylation is 1. The molecule has 0 amide bonds. The predicted octanol–water partition coefficient (Wildman–Crippen LogP) is 6.27. The van der Waals surface area contributed by atoms with E-state index in [-0.39, 0.29) is 17.6 Å². The molecule has 0 spiro atoms. The lowest BCUT2D eigenvalue weighted by molar-refractivity contribution is -0.689. The van der Waals surface area contributed by atoms with Crippen molar-refractivity contribution in [2.24, 2.45) is 0 Å². The summed E-state index contributed by atoms with van der Waals surface area (Å²) >= 11 is 1.78. The topological polar surface area (TPSA) is 109 Å². The average molecular weight is 649 g/mol. The first kappa shape index (κ1) is 31.5. The number of methoxy groups -OCH3 is 1. The molecule has 0 bridgehead atoms. The van der Waals surface area contributed by atoms with E-state index in [1.54, 1.807) is 11.3 Å². The number of halogens is 3. The first-order chi connectivity index (χ1) is 20.5. The highest BCUT2D eigenvalue weighted by Gasteiger charge is 2.43. The number of aromatic nitrogens is 3. The number of nitrogens with zero attached hydrogens (tertiary/aromatic N) is 3. The van der Waals surface area contributed by atoms with Crippen molar-refractivity contribution in [3.05, 3.63) is 65.5 Å². The van der Waals surface area contributed by atoms with Crippen molar-refractivity contribution >= 4 is 49.1 Å². The van der Waals surface area contributed by atoms with Crippen molar-refractivity contribution in [3.8, 4) is 22.6 Å². The maximum Gasteiger partial charge on any atom is 0.485 e. The van der Waals surface area contributed by atoms with Gasteiger partial charge in [-0.2, -0.15) is 17.6 Å². The number of esters is 1. The zero-order chi connectivity index (χ0) is 32.2. The van der Waals surface area contributed by atoms with E-state index in [0.717, 1.165) is 22.2 Å². The monoisotopic (exact) mass is 648 g/mol. The van der Waals surface area contributed by atoms with Crippen molar-refractivity contribution < 1.29 is 40.2 Å². The maximum atomic E-state index is 12.6. The van der Waals surface area contributed by atoms with Gasteiger partial charge in [-0.1, -0.05) is 59.9 Å². The summed E-state index contributed by atoms with van der Waals surface area (Å²) in [4.78, 5) is 15.0. The summed E-state index contributed by atoms with van der Waals surface area (Å²) in [5, 5.41) is 5.05. The Bertz CT molecular complexity index is 1970. The van der Waals surface area contributed by atoms with Gasteiger partial charge in [-0.25, -0.2) is 13.0 Å². The van der Waals surface area contributed by atoms with Crippen LogP contribution in [0.3, 0.4) is 0 Å². The van der Waals surface area contributed by atoms with Crippen LogP contribution in [-0.2, 0) is 26.2 Å². The lowest BCUT2D eigenvalue weighted by atomic mass is 10.1. The van der Waals surface area contributed by atoms with Crippen LogP contribution < -0.4 is 9.88 Å². The van der Waals surface area contributed by atoms with Crippen molar-refractivity contribution in [1.29, 1.82) is 0 Å². The molecule has 0 aliphatic carbocycles. The molecule has 2 aromatic carbocycles. The van der Waals surface area contributed by atoms with Crippen LogP contribution in [0.2, 0.25) is 0 Å². The van der Waals surface area contributed by atoms with E-state index in [1.807, 2.05) is 0 Å². The lowest BCUT2D eigenvalue weighted by Gasteiger charge is -2.25. The van der Waals surface area contributed by atoms with E-state index in [9.17, 15) is 18.0 Å². The van der Waals surface area contributed by atoms with E-state index in [2.05, 4.69) is 107 Å². The maximum absolute atomic E-state index is 12.6. The van der Waals surface area contributed by atoms with E-state index in [1.165, 1.54) is 34.1 Å². The smallest absolute Gasteiger partial charge is 0.485 e. The van der Waals surface area contributed by atoms with E-state index in [0.29, 0.717) is 13.0 Å². The van der Waals surface area contributed by atoms with E-state index >= 15 is 0 Å².